The summed E-state index contributed by atoms with van der Waals surface area (Å²) >= 11 is 0. The lowest BCUT2D eigenvalue weighted by Crippen LogP contribution is -2.36. The number of anilines is 1. The number of likely N-dealkylation sites (tertiary alicyclic amines) is 1. The molecule has 2 aliphatic rings. The molecule has 1 aromatic carbocycles. The van der Waals surface area contributed by atoms with Crippen molar-refractivity contribution < 1.29 is 9.53 Å². The number of rotatable bonds is 6. The maximum absolute atomic E-state index is 13.0. The van der Waals surface area contributed by atoms with E-state index in [1.54, 1.807) is 0 Å². The Morgan fingerprint density at radius 2 is 1.91 bits per heavy atom. The van der Waals surface area contributed by atoms with E-state index in [0.29, 0.717) is 12.3 Å². The molecule has 1 saturated heterocycles. The van der Waals surface area contributed by atoms with Crippen LogP contribution in [0.25, 0.3) is 0 Å². The molecule has 2 aliphatic heterocycles. The standard InChI is InChI=1S/C26H29N5O2/c1-19-22-12-7-15-30(17-20-9-5-6-14-27-20)26(22)29-25(28-19)23-13-8-16-31(23)24(32)18-33-21-10-3-2-4-11-21/h2-6,9-11,14,23H,7-8,12-13,15-18H2,1H3/t23-/m0/s1. The van der Waals surface area contributed by atoms with E-state index < -0.39 is 0 Å². The maximum atomic E-state index is 13.0. The van der Waals surface area contributed by atoms with Gasteiger partial charge in [-0.05, 0) is 56.9 Å². The van der Waals surface area contributed by atoms with E-state index in [-0.39, 0.29) is 18.6 Å². The summed E-state index contributed by atoms with van der Waals surface area (Å²) in [5, 5.41) is 0. The van der Waals surface area contributed by atoms with Crippen molar-refractivity contribution in [2.45, 2.75) is 45.2 Å². The second-order valence-corrected chi connectivity index (χ2v) is 8.66. The van der Waals surface area contributed by atoms with Crippen LogP contribution in [-0.4, -0.2) is 45.5 Å². The molecular formula is C26H29N5O2. The first-order valence-electron chi connectivity index (χ1n) is 11.7. The zero-order valence-electron chi connectivity index (χ0n) is 19.0. The molecule has 0 unspecified atom stereocenters. The summed E-state index contributed by atoms with van der Waals surface area (Å²) in [7, 11) is 0. The number of fused-ring (bicyclic) bond motifs is 1. The molecule has 1 amide bonds. The smallest absolute Gasteiger partial charge is 0.261 e. The van der Waals surface area contributed by atoms with Crippen molar-refractivity contribution in [3.8, 4) is 5.75 Å². The van der Waals surface area contributed by atoms with Gasteiger partial charge in [-0.3, -0.25) is 9.78 Å². The van der Waals surface area contributed by atoms with Crippen molar-refractivity contribution in [1.82, 2.24) is 19.9 Å². The van der Waals surface area contributed by atoms with Crippen molar-refractivity contribution in [3.05, 3.63) is 77.5 Å². The van der Waals surface area contributed by atoms with Crippen LogP contribution >= 0.6 is 0 Å². The summed E-state index contributed by atoms with van der Waals surface area (Å²) in [5.74, 6) is 2.41. The normalized spacial score (nSPS) is 17.7. The highest BCUT2D eigenvalue weighted by atomic mass is 16.5. The molecule has 0 bridgehead atoms. The van der Waals surface area contributed by atoms with Gasteiger partial charge in [0.05, 0.1) is 18.3 Å². The van der Waals surface area contributed by atoms with Crippen LogP contribution in [0.1, 0.15) is 48.1 Å². The van der Waals surface area contributed by atoms with E-state index in [1.165, 1.54) is 5.56 Å². The number of carbonyl (C=O) groups excluding carboxylic acids is 1. The summed E-state index contributed by atoms with van der Waals surface area (Å²) in [6.07, 6.45) is 5.71. The average molecular weight is 444 g/mol. The van der Waals surface area contributed by atoms with Gasteiger partial charge in [-0.15, -0.1) is 0 Å². The van der Waals surface area contributed by atoms with E-state index in [0.717, 1.165) is 61.8 Å². The van der Waals surface area contributed by atoms with Crippen molar-refractivity contribution in [1.29, 1.82) is 0 Å². The zero-order chi connectivity index (χ0) is 22.6. The molecule has 0 aliphatic carbocycles. The molecule has 170 valence electrons. The van der Waals surface area contributed by atoms with Crippen LogP contribution in [0, 0.1) is 6.92 Å². The number of carbonyl (C=O) groups is 1. The van der Waals surface area contributed by atoms with Crippen LogP contribution in [0.2, 0.25) is 0 Å². The highest BCUT2D eigenvalue weighted by Crippen LogP contribution is 2.34. The van der Waals surface area contributed by atoms with Crippen LogP contribution in [-0.2, 0) is 17.8 Å². The molecule has 0 radical (unpaired) electrons. The molecule has 4 heterocycles. The van der Waals surface area contributed by atoms with E-state index in [1.807, 2.05) is 59.6 Å². The number of para-hydroxylation sites is 1. The molecule has 1 atom stereocenters. The third-order valence-electron chi connectivity index (χ3n) is 6.42. The number of hydrogen-bond acceptors (Lipinski definition) is 6. The van der Waals surface area contributed by atoms with E-state index in [2.05, 4.69) is 16.8 Å². The summed E-state index contributed by atoms with van der Waals surface area (Å²) in [6, 6.07) is 15.3. The van der Waals surface area contributed by atoms with Crippen LogP contribution in [0.15, 0.2) is 54.7 Å². The fourth-order valence-corrected chi connectivity index (χ4v) is 4.78. The maximum Gasteiger partial charge on any atom is 0.261 e. The Morgan fingerprint density at radius 3 is 2.73 bits per heavy atom. The summed E-state index contributed by atoms with van der Waals surface area (Å²) < 4.78 is 5.71. The fourth-order valence-electron chi connectivity index (χ4n) is 4.78. The second kappa shape index (κ2) is 9.57. The van der Waals surface area contributed by atoms with Crippen molar-refractivity contribution >= 4 is 11.7 Å². The quantitative estimate of drug-likeness (QED) is 0.576. The Kier molecular flexibility index (Phi) is 6.19. The first-order valence-corrected chi connectivity index (χ1v) is 11.7. The van der Waals surface area contributed by atoms with Crippen LogP contribution in [0.4, 0.5) is 5.82 Å². The molecule has 2 aromatic heterocycles. The minimum absolute atomic E-state index is 0.0225. The second-order valence-electron chi connectivity index (χ2n) is 8.66. The van der Waals surface area contributed by atoms with Gasteiger partial charge in [-0.2, -0.15) is 0 Å². The van der Waals surface area contributed by atoms with Gasteiger partial charge in [0.2, 0.25) is 0 Å². The highest BCUT2D eigenvalue weighted by molar-refractivity contribution is 5.78. The van der Waals surface area contributed by atoms with Gasteiger partial charge in [0.15, 0.2) is 12.4 Å². The van der Waals surface area contributed by atoms with Gasteiger partial charge in [0, 0.05) is 30.5 Å². The molecule has 0 saturated carbocycles. The van der Waals surface area contributed by atoms with Crippen LogP contribution in [0.5, 0.6) is 5.75 Å². The number of pyridine rings is 1. The Labute approximate surface area is 194 Å². The third kappa shape index (κ3) is 4.67. The summed E-state index contributed by atoms with van der Waals surface area (Å²) in [6.45, 7) is 4.46. The number of aryl methyl sites for hydroxylation is 1. The number of ether oxygens (including phenoxy) is 1. The third-order valence-corrected chi connectivity index (χ3v) is 6.42. The average Bonchev–Trinajstić information content (AvgIpc) is 3.34. The number of nitrogens with zero attached hydrogens (tertiary/aromatic N) is 5. The van der Waals surface area contributed by atoms with Crippen molar-refractivity contribution in [2.75, 3.05) is 24.6 Å². The van der Waals surface area contributed by atoms with Gasteiger partial charge in [0.25, 0.3) is 5.91 Å². The highest BCUT2D eigenvalue weighted by Gasteiger charge is 2.34. The lowest BCUT2D eigenvalue weighted by atomic mass is 10.0. The van der Waals surface area contributed by atoms with Crippen LogP contribution < -0.4 is 9.64 Å². The summed E-state index contributed by atoms with van der Waals surface area (Å²) in [5.41, 5.74) is 3.25. The van der Waals surface area contributed by atoms with Gasteiger partial charge < -0.3 is 14.5 Å². The minimum atomic E-state index is -0.112. The predicted molar refractivity (Wildman–Crippen MR) is 126 cm³/mol. The Morgan fingerprint density at radius 1 is 1.06 bits per heavy atom. The number of benzene rings is 1. The lowest BCUT2D eigenvalue weighted by molar-refractivity contribution is -0.134. The van der Waals surface area contributed by atoms with Crippen molar-refractivity contribution in [2.24, 2.45) is 0 Å². The van der Waals surface area contributed by atoms with Gasteiger partial charge in [-0.1, -0.05) is 24.3 Å². The molecule has 33 heavy (non-hydrogen) atoms. The van der Waals surface area contributed by atoms with Gasteiger partial charge in [0.1, 0.15) is 11.6 Å². The lowest BCUT2D eigenvalue weighted by Gasteiger charge is -2.32. The number of aromatic nitrogens is 3. The molecule has 5 rings (SSSR count). The van der Waals surface area contributed by atoms with E-state index in [9.17, 15) is 4.79 Å². The molecule has 7 heteroatoms. The van der Waals surface area contributed by atoms with E-state index in [4.69, 9.17) is 14.7 Å². The first-order chi connectivity index (χ1) is 16.2. The zero-order valence-corrected chi connectivity index (χ0v) is 19.0. The monoisotopic (exact) mass is 443 g/mol. The number of amides is 1. The van der Waals surface area contributed by atoms with E-state index >= 15 is 0 Å². The van der Waals surface area contributed by atoms with Gasteiger partial charge >= 0.3 is 0 Å². The first kappa shape index (κ1) is 21.4. The van der Waals surface area contributed by atoms with Gasteiger partial charge in [-0.25, -0.2) is 9.97 Å². The minimum Gasteiger partial charge on any atom is -0.484 e. The SMILES string of the molecule is Cc1nc([C@@H]2CCCN2C(=O)COc2ccccc2)nc2c1CCCN2Cc1ccccn1. The molecule has 0 N–H and O–H groups in total. The number of hydrogen-bond donors (Lipinski definition) is 0. The summed E-state index contributed by atoms with van der Waals surface area (Å²) in [4.78, 5) is 31.6. The predicted octanol–water partition coefficient (Wildman–Crippen LogP) is 3.88. The molecule has 3 aromatic rings. The fraction of sp³-hybridized carbons (Fsp3) is 0.385. The Hall–Kier alpha value is -3.48. The van der Waals surface area contributed by atoms with Crippen LogP contribution in [0.3, 0.4) is 0 Å². The molecule has 0 spiro atoms. The Bertz CT molecular complexity index is 1110. The molecule has 1 fully saturated rings. The van der Waals surface area contributed by atoms with Crippen molar-refractivity contribution in [3.63, 3.8) is 0 Å². The molecular weight excluding hydrogens is 414 g/mol. The Balaban J connectivity index is 1.36. The topological polar surface area (TPSA) is 71.5 Å². The largest absolute Gasteiger partial charge is 0.484 e. The molecule has 7 nitrogen and oxygen atoms in total.